The highest BCUT2D eigenvalue weighted by atomic mass is 19.2. The maximum Gasteiger partial charge on any atom is 0.351 e. The van der Waals surface area contributed by atoms with E-state index in [2.05, 4.69) is 21.1 Å². The zero-order valence-corrected chi connectivity index (χ0v) is 14.5. The Morgan fingerprint density at radius 3 is 2.75 bits per heavy atom. The molecule has 0 saturated carbocycles. The third-order valence-corrected chi connectivity index (χ3v) is 4.63. The molecule has 1 saturated heterocycles. The van der Waals surface area contributed by atoms with Crippen LogP contribution in [0.4, 0.5) is 30.2 Å². The van der Waals surface area contributed by atoms with E-state index in [-0.39, 0.29) is 5.69 Å². The first-order valence-corrected chi connectivity index (χ1v) is 8.41. The molecule has 3 aliphatic rings. The second-order valence-corrected chi connectivity index (χ2v) is 6.46. The third-order valence-electron chi connectivity index (χ3n) is 4.63. The molecule has 0 aromatic heterocycles. The number of allylic oxidation sites excluding steroid dienone is 1. The number of halogens is 3. The first-order chi connectivity index (χ1) is 13.5. The highest BCUT2D eigenvalue weighted by molar-refractivity contribution is 5.84. The van der Waals surface area contributed by atoms with Gasteiger partial charge in [0.15, 0.2) is 24.2 Å². The molecule has 0 aliphatic carbocycles. The summed E-state index contributed by atoms with van der Waals surface area (Å²) in [6.07, 6.45) is 1.57. The minimum absolute atomic E-state index is 0.0382. The zero-order valence-electron chi connectivity index (χ0n) is 14.5. The Labute approximate surface area is 157 Å². The Bertz CT molecular complexity index is 1030. The van der Waals surface area contributed by atoms with Crippen LogP contribution in [-0.4, -0.2) is 18.9 Å². The molecule has 3 heterocycles. The first-order valence-electron chi connectivity index (χ1n) is 8.41. The van der Waals surface area contributed by atoms with E-state index in [1.54, 1.807) is 23.2 Å². The largest absolute Gasteiger partial charge is 0.471 e. The normalized spacial score (nSPS) is 21.9. The predicted octanol–water partition coefficient (Wildman–Crippen LogP) is 3.25. The molecule has 3 N–H and O–H groups in total. The number of ether oxygens (including phenoxy) is 1. The fourth-order valence-electron chi connectivity index (χ4n) is 3.29. The Hall–Kier alpha value is -3.40. The quantitative estimate of drug-likeness (QED) is 0.701. The number of hydrogen-bond donors (Lipinski definition) is 3. The molecule has 5 rings (SSSR count). The molecule has 0 amide bonds. The summed E-state index contributed by atoms with van der Waals surface area (Å²) < 4.78 is 46.1. The van der Waals surface area contributed by atoms with Crippen molar-refractivity contribution >= 4 is 23.3 Å². The number of hydroxylamine groups is 1. The summed E-state index contributed by atoms with van der Waals surface area (Å²) in [7, 11) is 0. The van der Waals surface area contributed by atoms with Gasteiger partial charge in [0, 0.05) is 29.6 Å². The lowest BCUT2D eigenvalue weighted by atomic mass is 10.2. The smallest absolute Gasteiger partial charge is 0.351 e. The van der Waals surface area contributed by atoms with Gasteiger partial charge in [-0.1, -0.05) is 0 Å². The van der Waals surface area contributed by atoms with Crippen molar-refractivity contribution in [2.75, 3.05) is 22.3 Å². The highest BCUT2D eigenvalue weighted by Gasteiger charge is 2.49. The van der Waals surface area contributed by atoms with Crippen LogP contribution < -0.4 is 25.8 Å². The SMILES string of the molecule is CC1=C2NOC(Nc3cc(F)c(F)c(F)c3)(N=C1)N2c1ccc2c(c1)NCO2. The molecule has 144 valence electrons. The van der Waals surface area contributed by atoms with Crippen LogP contribution in [0.1, 0.15) is 6.92 Å². The number of rotatable bonds is 3. The van der Waals surface area contributed by atoms with Gasteiger partial charge in [0.2, 0.25) is 0 Å². The molecule has 3 aliphatic heterocycles. The second kappa shape index (κ2) is 5.80. The van der Waals surface area contributed by atoms with Crippen molar-refractivity contribution in [2.45, 2.75) is 12.9 Å². The summed E-state index contributed by atoms with van der Waals surface area (Å²) in [5.74, 6) is -4.42. The van der Waals surface area contributed by atoms with Crippen molar-refractivity contribution in [3.05, 3.63) is 59.2 Å². The number of nitrogens with one attached hydrogen (secondary N) is 3. The van der Waals surface area contributed by atoms with Gasteiger partial charge in [0.1, 0.15) is 11.6 Å². The topological polar surface area (TPSA) is 70.2 Å². The Balaban J connectivity index is 1.58. The average molecular weight is 389 g/mol. The number of fused-ring (bicyclic) bond motifs is 3. The van der Waals surface area contributed by atoms with Crippen LogP contribution >= 0.6 is 0 Å². The van der Waals surface area contributed by atoms with Crippen molar-refractivity contribution in [3.8, 4) is 5.75 Å². The van der Waals surface area contributed by atoms with Crippen LogP contribution in [-0.2, 0) is 4.84 Å². The van der Waals surface area contributed by atoms with Crippen molar-refractivity contribution < 1.29 is 22.7 Å². The van der Waals surface area contributed by atoms with Gasteiger partial charge in [-0.25, -0.2) is 28.5 Å². The minimum Gasteiger partial charge on any atom is -0.471 e. The predicted molar refractivity (Wildman–Crippen MR) is 96.1 cm³/mol. The summed E-state index contributed by atoms with van der Waals surface area (Å²) in [6.45, 7) is 2.20. The second-order valence-electron chi connectivity index (χ2n) is 6.46. The average Bonchev–Trinajstić information content (AvgIpc) is 3.24. The number of hydrogen-bond acceptors (Lipinski definition) is 7. The van der Waals surface area contributed by atoms with Crippen molar-refractivity contribution in [1.82, 2.24) is 5.48 Å². The zero-order chi connectivity index (χ0) is 19.5. The fraction of sp³-hybridized carbons (Fsp3) is 0.167. The van der Waals surface area contributed by atoms with Crippen LogP contribution in [0.2, 0.25) is 0 Å². The molecule has 1 atom stereocenters. The van der Waals surface area contributed by atoms with Crippen molar-refractivity contribution in [1.29, 1.82) is 0 Å². The van der Waals surface area contributed by atoms with Crippen LogP contribution in [0.5, 0.6) is 5.75 Å². The molecular formula is C18H14F3N5O2. The van der Waals surface area contributed by atoms with E-state index in [4.69, 9.17) is 9.57 Å². The van der Waals surface area contributed by atoms with E-state index in [9.17, 15) is 13.2 Å². The number of aliphatic imine (C=N–C) groups is 1. The number of benzene rings is 2. The summed E-state index contributed by atoms with van der Waals surface area (Å²) in [4.78, 5) is 11.7. The standard InChI is InChI=1S/C18H14F3N5O2/c1-9-7-23-18(24-10-4-12(19)16(21)13(20)5-10)26(17(9)25-28-18)11-2-3-15-14(6-11)22-8-27-15/h2-7,22,24-25H,8H2,1H3. The summed E-state index contributed by atoms with van der Waals surface area (Å²) in [5, 5.41) is 5.94. The molecule has 1 fully saturated rings. The molecule has 0 radical (unpaired) electrons. The van der Waals surface area contributed by atoms with Gasteiger partial charge in [-0.3, -0.25) is 4.90 Å². The molecule has 0 spiro atoms. The van der Waals surface area contributed by atoms with Gasteiger partial charge in [0.25, 0.3) is 0 Å². The van der Waals surface area contributed by atoms with Crippen LogP contribution in [0.3, 0.4) is 0 Å². The molecule has 2 aromatic rings. The van der Waals surface area contributed by atoms with Crippen molar-refractivity contribution in [2.24, 2.45) is 4.99 Å². The van der Waals surface area contributed by atoms with E-state index in [1.807, 2.05) is 13.0 Å². The molecule has 10 heteroatoms. The van der Waals surface area contributed by atoms with Gasteiger partial charge in [0.05, 0.1) is 11.4 Å². The van der Waals surface area contributed by atoms with Crippen LogP contribution in [0, 0.1) is 17.5 Å². The summed E-state index contributed by atoms with van der Waals surface area (Å²) >= 11 is 0. The van der Waals surface area contributed by atoms with E-state index in [1.165, 1.54) is 0 Å². The molecule has 2 aromatic carbocycles. The fourth-order valence-corrected chi connectivity index (χ4v) is 3.29. The highest BCUT2D eigenvalue weighted by Crippen LogP contribution is 2.42. The van der Waals surface area contributed by atoms with E-state index >= 15 is 0 Å². The van der Waals surface area contributed by atoms with E-state index in [0.717, 1.165) is 23.4 Å². The molecule has 28 heavy (non-hydrogen) atoms. The van der Waals surface area contributed by atoms with Gasteiger partial charge >= 0.3 is 5.97 Å². The van der Waals surface area contributed by atoms with Gasteiger partial charge in [-0.05, 0) is 25.1 Å². The maximum atomic E-state index is 13.7. The van der Waals surface area contributed by atoms with E-state index < -0.39 is 23.4 Å². The summed E-state index contributed by atoms with van der Waals surface area (Å²) in [6, 6.07) is 7.12. The minimum atomic E-state index is -1.56. The first kappa shape index (κ1) is 16.8. The molecular weight excluding hydrogens is 375 g/mol. The van der Waals surface area contributed by atoms with Crippen LogP contribution in [0.25, 0.3) is 0 Å². The molecule has 7 nitrogen and oxygen atoms in total. The Morgan fingerprint density at radius 2 is 1.96 bits per heavy atom. The lowest BCUT2D eigenvalue weighted by Gasteiger charge is -2.36. The van der Waals surface area contributed by atoms with E-state index in [0.29, 0.717) is 24.0 Å². The molecule has 2 bridgehead atoms. The maximum absolute atomic E-state index is 13.7. The Morgan fingerprint density at radius 1 is 1.18 bits per heavy atom. The molecule has 1 unspecified atom stereocenters. The van der Waals surface area contributed by atoms with Crippen LogP contribution in [0.15, 0.2) is 46.7 Å². The van der Waals surface area contributed by atoms with Crippen molar-refractivity contribution in [3.63, 3.8) is 0 Å². The van der Waals surface area contributed by atoms with Gasteiger partial charge < -0.3 is 15.4 Å². The number of nitrogens with zero attached hydrogens (tertiary/aromatic N) is 2. The Kier molecular flexibility index (Phi) is 3.47. The van der Waals surface area contributed by atoms with Gasteiger partial charge in [-0.2, -0.15) is 0 Å². The lowest BCUT2D eigenvalue weighted by molar-refractivity contribution is -0.0214. The lowest BCUT2D eigenvalue weighted by Crippen LogP contribution is -2.51. The monoisotopic (exact) mass is 389 g/mol. The van der Waals surface area contributed by atoms with Gasteiger partial charge in [-0.15, -0.1) is 0 Å². The number of anilines is 3. The summed E-state index contributed by atoms with van der Waals surface area (Å²) in [5.41, 5.74) is 5.02. The third kappa shape index (κ3) is 2.38.